The molecule has 1 rings (SSSR count). The summed E-state index contributed by atoms with van der Waals surface area (Å²) in [6.07, 6.45) is 2.72. The predicted octanol–water partition coefficient (Wildman–Crippen LogP) is 0.0763. The Labute approximate surface area is 80.1 Å². The Hall–Kier alpha value is -0.740. The number of hydrazine groups is 1. The molecule has 0 radical (unpaired) electrons. The van der Waals surface area contributed by atoms with Gasteiger partial charge in [-0.3, -0.25) is 4.90 Å². The second-order valence-electron chi connectivity index (χ2n) is 3.77. The average Bonchev–Trinajstić information content (AvgIpc) is 2.27. The van der Waals surface area contributed by atoms with Gasteiger partial charge in [0.15, 0.2) is 0 Å². The summed E-state index contributed by atoms with van der Waals surface area (Å²) in [5.74, 6) is 5.81. The molecule has 0 saturated carbocycles. The van der Waals surface area contributed by atoms with Crippen LogP contribution in [0.4, 0.5) is 0 Å². The van der Waals surface area contributed by atoms with Crippen molar-refractivity contribution in [3.63, 3.8) is 0 Å². The van der Waals surface area contributed by atoms with E-state index >= 15 is 0 Å². The third kappa shape index (κ3) is 2.60. The number of rotatable bonds is 1. The van der Waals surface area contributed by atoms with E-state index in [1.54, 1.807) is 11.2 Å². The molecule has 0 atom stereocenters. The van der Waals surface area contributed by atoms with Gasteiger partial charge in [0.25, 0.3) is 0 Å². The van der Waals surface area contributed by atoms with Gasteiger partial charge in [-0.05, 0) is 20.3 Å². The lowest BCUT2D eigenvalue weighted by molar-refractivity contribution is 0.245. The highest BCUT2D eigenvalue weighted by Crippen LogP contribution is 2.11. The van der Waals surface area contributed by atoms with Crippen LogP contribution in [0.25, 0.3) is 0 Å². The first-order valence-electron chi connectivity index (χ1n) is 4.82. The minimum atomic E-state index is 0.557. The van der Waals surface area contributed by atoms with E-state index in [9.17, 15) is 0 Å². The molecule has 0 aromatic carbocycles. The van der Waals surface area contributed by atoms with E-state index in [0.717, 1.165) is 31.8 Å². The summed E-state index contributed by atoms with van der Waals surface area (Å²) in [6, 6.07) is 0.557. The summed E-state index contributed by atoms with van der Waals surface area (Å²) in [7, 11) is 0. The number of nitrogens with two attached hydrogens (primary N) is 2. The molecule has 0 spiro atoms. The smallest absolute Gasteiger partial charge is 0.0586 e. The first kappa shape index (κ1) is 10.3. The molecule has 1 aliphatic rings. The maximum atomic E-state index is 5.81. The zero-order chi connectivity index (χ0) is 9.84. The Bertz CT molecular complexity index is 188. The lowest BCUT2D eigenvalue weighted by Crippen LogP contribution is -2.36. The van der Waals surface area contributed by atoms with Gasteiger partial charge in [-0.2, -0.15) is 0 Å². The second-order valence-corrected chi connectivity index (χ2v) is 3.77. The summed E-state index contributed by atoms with van der Waals surface area (Å²) in [4.78, 5) is 2.38. The molecule has 0 unspecified atom stereocenters. The van der Waals surface area contributed by atoms with Gasteiger partial charge in [0.1, 0.15) is 0 Å². The third-order valence-corrected chi connectivity index (χ3v) is 2.50. The predicted molar refractivity (Wildman–Crippen MR) is 54.5 cm³/mol. The van der Waals surface area contributed by atoms with Crippen LogP contribution in [0, 0.1) is 0 Å². The van der Waals surface area contributed by atoms with Crippen LogP contribution in [0.1, 0.15) is 20.3 Å². The highest BCUT2D eigenvalue weighted by Gasteiger charge is 2.17. The highest BCUT2D eigenvalue weighted by atomic mass is 15.4. The minimum Gasteiger partial charge on any atom is -0.403 e. The summed E-state index contributed by atoms with van der Waals surface area (Å²) in [6.45, 7) is 7.25. The van der Waals surface area contributed by atoms with E-state index in [-0.39, 0.29) is 0 Å². The van der Waals surface area contributed by atoms with E-state index < -0.39 is 0 Å². The Morgan fingerprint density at radius 3 is 2.62 bits per heavy atom. The molecule has 0 aliphatic carbocycles. The molecule has 4 heteroatoms. The largest absolute Gasteiger partial charge is 0.403 e. The first-order chi connectivity index (χ1) is 6.15. The van der Waals surface area contributed by atoms with Crippen molar-refractivity contribution in [2.75, 3.05) is 19.6 Å². The highest BCUT2D eigenvalue weighted by molar-refractivity contribution is 5.02. The molecule has 4 nitrogen and oxygen atoms in total. The minimum absolute atomic E-state index is 0.557. The lowest BCUT2D eigenvalue weighted by atomic mass is 10.3. The van der Waals surface area contributed by atoms with Gasteiger partial charge in [-0.25, -0.2) is 5.84 Å². The molecule has 1 heterocycles. The van der Waals surface area contributed by atoms with Crippen molar-refractivity contribution in [1.29, 1.82) is 0 Å². The van der Waals surface area contributed by atoms with Crippen LogP contribution in [-0.4, -0.2) is 35.6 Å². The Morgan fingerprint density at radius 1 is 1.38 bits per heavy atom. The molecule has 4 N–H and O–H groups in total. The first-order valence-corrected chi connectivity index (χ1v) is 4.82. The Morgan fingerprint density at radius 2 is 2.08 bits per heavy atom. The Kier molecular flexibility index (Phi) is 3.57. The van der Waals surface area contributed by atoms with Crippen molar-refractivity contribution in [1.82, 2.24) is 9.91 Å². The zero-order valence-corrected chi connectivity index (χ0v) is 8.53. The summed E-state index contributed by atoms with van der Waals surface area (Å²) >= 11 is 0. The lowest BCUT2D eigenvalue weighted by Gasteiger charge is -2.25. The topological polar surface area (TPSA) is 58.5 Å². The van der Waals surface area contributed by atoms with Crippen LogP contribution in [0.3, 0.4) is 0 Å². The van der Waals surface area contributed by atoms with Crippen molar-refractivity contribution in [3.05, 3.63) is 11.9 Å². The third-order valence-electron chi connectivity index (χ3n) is 2.50. The van der Waals surface area contributed by atoms with E-state index in [2.05, 4.69) is 18.7 Å². The van der Waals surface area contributed by atoms with Gasteiger partial charge in [0, 0.05) is 31.9 Å². The van der Waals surface area contributed by atoms with Crippen LogP contribution in [0.5, 0.6) is 0 Å². The van der Waals surface area contributed by atoms with Gasteiger partial charge >= 0.3 is 0 Å². The summed E-state index contributed by atoms with van der Waals surface area (Å²) < 4.78 is 0. The van der Waals surface area contributed by atoms with Gasteiger partial charge < -0.3 is 10.7 Å². The van der Waals surface area contributed by atoms with Gasteiger partial charge in [0.05, 0.1) is 5.70 Å². The number of hydrogen-bond donors (Lipinski definition) is 2. The van der Waals surface area contributed by atoms with Crippen LogP contribution < -0.4 is 11.6 Å². The molecule has 0 amide bonds. The second kappa shape index (κ2) is 4.48. The fraction of sp³-hybridized carbons (Fsp3) is 0.778. The van der Waals surface area contributed by atoms with E-state index in [1.165, 1.54) is 0 Å². The average molecular weight is 184 g/mol. The van der Waals surface area contributed by atoms with Crippen molar-refractivity contribution >= 4 is 0 Å². The normalized spacial score (nSPS) is 24.0. The van der Waals surface area contributed by atoms with Crippen molar-refractivity contribution in [2.24, 2.45) is 11.6 Å². The van der Waals surface area contributed by atoms with Crippen LogP contribution >= 0.6 is 0 Å². The molecular formula is C9H20N4. The molecule has 0 bridgehead atoms. The fourth-order valence-electron chi connectivity index (χ4n) is 1.55. The van der Waals surface area contributed by atoms with Crippen molar-refractivity contribution < 1.29 is 0 Å². The van der Waals surface area contributed by atoms with Gasteiger partial charge in [-0.15, -0.1) is 0 Å². The summed E-state index contributed by atoms with van der Waals surface area (Å²) in [5, 5.41) is 1.75. The maximum absolute atomic E-state index is 5.81. The number of nitrogens with zero attached hydrogens (tertiary/aromatic N) is 2. The fourth-order valence-corrected chi connectivity index (χ4v) is 1.55. The molecular weight excluding hydrogens is 164 g/mol. The van der Waals surface area contributed by atoms with Crippen molar-refractivity contribution in [2.45, 2.75) is 26.3 Å². The molecule has 0 aromatic rings. The summed E-state index contributed by atoms with van der Waals surface area (Å²) in [5.41, 5.74) is 6.53. The molecule has 1 fully saturated rings. The molecule has 13 heavy (non-hydrogen) atoms. The van der Waals surface area contributed by atoms with Crippen LogP contribution in [-0.2, 0) is 0 Å². The zero-order valence-electron chi connectivity index (χ0n) is 8.53. The van der Waals surface area contributed by atoms with E-state index in [4.69, 9.17) is 11.6 Å². The molecule has 1 aliphatic heterocycles. The number of hydrogen-bond acceptors (Lipinski definition) is 4. The SMILES string of the molecule is CC(C)N1CCCN(N)/C(=C\N)C1. The van der Waals surface area contributed by atoms with Gasteiger partial charge in [-0.1, -0.05) is 0 Å². The molecule has 1 saturated heterocycles. The van der Waals surface area contributed by atoms with Gasteiger partial charge in [0.2, 0.25) is 0 Å². The van der Waals surface area contributed by atoms with Crippen LogP contribution in [0.15, 0.2) is 11.9 Å². The standard InChI is InChI=1S/C9H20N4/c1-8(2)12-4-3-5-13(11)9(6-10)7-12/h6,8H,3-5,7,10-11H2,1-2H3/b9-6-. The van der Waals surface area contributed by atoms with Crippen LogP contribution in [0.2, 0.25) is 0 Å². The van der Waals surface area contributed by atoms with Crippen molar-refractivity contribution in [3.8, 4) is 0 Å². The molecule has 76 valence electrons. The monoisotopic (exact) mass is 184 g/mol. The van der Waals surface area contributed by atoms with E-state index in [0.29, 0.717) is 6.04 Å². The maximum Gasteiger partial charge on any atom is 0.0586 e. The quantitative estimate of drug-likeness (QED) is 0.566. The molecule has 0 aromatic heterocycles. The van der Waals surface area contributed by atoms with E-state index in [1.807, 2.05) is 0 Å². The Balaban J connectivity index is 2.64.